The van der Waals surface area contributed by atoms with Gasteiger partial charge in [-0.05, 0) is 74.1 Å². The maximum atomic E-state index is 12.8. The fraction of sp³-hybridized carbons (Fsp3) is 0.370. The van der Waals surface area contributed by atoms with Crippen LogP contribution < -0.4 is 10.6 Å². The molecule has 2 aromatic carbocycles. The minimum atomic E-state index is -0.286. The van der Waals surface area contributed by atoms with Crippen LogP contribution in [0.2, 0.25) is 0 Å². The van der Waals surface area contributed by atoms with Crippen LogP contribution in [0.15, 0.2) is 48.5 Å². The summed E-state index contributed by atoms with van der Waals surface area (Å²) in [6.45, 7) is 10.2. The Kier molecular flexibility index (Phi) is 6.21. The van der Waals surface area contributed by atoms with E-state index in [4.69, 9.17) is 0 Å². The van der Waals surface area contributed by atoms with Crippen LogP contribution in [0.4, 0.5) is 10.5 Å². The highest BCUT2D eigenvalue weighted by Gasteiger charge is 2.31. The van der Waals surface area contributed by atoms with Crippen molar-refractivity contribution in [1.82, 2.24) is 15.1 Å². The topological polar surface area (TPSA) is 96.3 Å². The number of phenols is 1. The Morgan fingerprint density at radius 3 is 2.32 bits per heavy atom. The molecular weight excluding hydrogens is 428 g/mol. The first kappa shape index (κ1) is 23.5. The summed E-state index contributed by atoms with van der Waals surface area (Å²) < 4.78 is 1.40. The van der Waals surface area contributed by atoms with Crippen LogP contribution in [0.3, 0.4) is 0 Å². The Morgan fingerprint density at radius 1 is 1.06 bits per heavy atom. The maximum absolute atomic E-state index is 12.8. The number of rotatable bonds is 5. The molecule has 1 aliphatic rings. The smallest absolute Gasteiger partial charge is 0.342 e. The second kappa shape index (κ2) is 8.97. The average molecular weight is 461 g/mol. The number of aromatic hydroxyl groups is 1. The van der Waals surface area contributed by atoms with Gasteiger partial charge >= 0.3 is 6.03 Å². The number of nitrogens with zero attached hydrogens (tertiary/aromatic N) is 2. The molecule has 1 aliphatic carbocycles. The highest BCUT2D eigenvalue weighted by Crippen LogP contribution is 2.42. The molecule has 3 N–H and O–H groups in total. The van der Waals surface area contributed by atoms with Gasteiger partial charge in [-0.15, -0.1) is 0 Å². The van der Waals surface area contributed by atoms with Gasteiger partial charge in [0.25, 0.3) is 5.91 Å². The van der Waals surface area contributed by atoms with E-state index in [0.29, 0.717) is 28.4 Å². The number of hydrogen-bond acceptors (Lipinski definition) is 4. The lowest BCUT2D eigenvalue weighted by Gasteiger charge is -2.19. The van der Waals surface area contributed by atoms with Gasteiger partial charge in [-0.2, -0.15) is 9.78 Å². The molecule has 0 atom stereocenters. The molecule has 1 heterocycles. The summed E-state index contributed by atoms with van der Waals surface area (Å²) in [5.74, 6) is 0.0849. The summed E-state index contributed by atoms with van der Waals surface area (Å²) in [5, 5.41) is 20.8. The molecule has 4 rings (SSSR count). The first-order valence-electron chi connectivity index (χ1n) is 11.7. The van der Waals surface area contributed by atoms with Crippen molar-refractivity contribution in [3.63, 3.8) is 0 Å². The Labute approximate surface area is 200 Å². The monoisotopic (exact) mass is 460 g/mol. The fourth-order valence-electron chi connectivity index (χ4n) is 3.81. The predicted molar refractivity (Wildman–Crippen MR) is 133 cm³/mol. The van der Waals surface area contributed by atoms with E-state index in [2.05, 4.69) is 36.5 Å². The zero-order chi connectivity index (χ0) is 24.6. The number of carbonyl (C=O) groups excluding carboxylic acids is 2. The van der Waals surface area contributed by atoms with Gasteiger partial charge in [-0.1, -0.05) is 32.9 Å². The van der Waals surface area contributed by atoms with E-state index >= 15 is 0 Å². The molecule has 1 aromatic heterocycles. The second-order valence-corrected chi connectivity index (χ2v) is 10.3. The number of benzene rings is 2. The minimum Gasteiger partial charge on any atom is -0.507 e. The second-order valence-electron chi connectivity index (χ2n) is 10.3. The van der Waals surface area contributed by atoms with E-state index in [1.54, 1.807) is 12.1 Å². The number of aromatic nitrogens is 2. The number of hydrogen-bond donors (Lipinski definition) is 3. The molecule has 3 aromatic rings. The van der Waals surface area contributed by atoms with Gasteiger partial charge in [0, 0.05) is 28.8 Å². The molecular formula is C27H32N4O3. The van der Waals surface area contributed by atoms with Crippen LogP contribution in [-0.4, -0.2) is 32.9 Å². The molecule has 178 valence electrons. The van der Waals surface area contributed by atoms with Gasteiger partial charge in [-0.3, -0.25) is 4.79 Å². The van der Waals surface area contributed by atoms with Crippen molar-refractivity contribution >= 4 is 17.6 Å². The number of phenolic OH excluding ortho intramolecular Hbond substituents is 1. The first-order valence-corrected chi connectivity index (χ1v) is 11.7. The summed E-state index contributed by atoms with van der Waals surface area (Å²) in [4.78, 5) is 25.5. The zero-order valence-corrected chi connectivity index (χ0v) is 20.3. The summed E-state index contributed by atoms with van der Waals surface area (Å²) >= 11 is 0. The summed E-state index contributed by atoms with van der Waals surface area (Å²) in [5.41, 5.74) is 4.03. The minimum absolute atomic E-state index is 0.00959. The van der Waals surface area contributed by atoms with Gasteiger partial charge in [-0.25, -0.2) is 4.79 Å². The lowest BCUT2D eigenvalue weighted by molar-refractivity contribution is 0.102. The Bertz CT molecular complexity index is 1220. The average Bonchev–Trinajstić information content (AvgIpc) is 3.52. The maximum Gasteiger partial charge on any atom is 0.342 e. The highest BCUT2D eigenvalue weighted by molar-refractivity contribution is 6.04. The highest BCUT2D eigenvalue weighted by atomic mass is 16.3. The summed E-state index contributed by atoms with van der Waals surface area (Å²) in [6.07, 6.45) is 2.02. The van der Waals surface area contributed by atoms with Crippen LogP contribution in [0.25, 0.3) is 11.3 Å². The molecule has 34 heavy (non-hydrogen) atoms. The molecule has 7 heteroatoms. The third-order valence-electron chi connectivity index (χ3n) is 5.88. The van der Waals surface area contributed by atoms with Crippen LogP contribution in [0, 0.1) is 0 Å². The lowest BCUT2D eigenvalue weighted by Crippen LogP contribution is -2.35. The summed E-state index contributed by atoms with van der Waals surface area (Å²) in [7, 11) is 0. The molecule has 0 unspecified atom stereocenters. The number of carbonyl (C=O) groups is 2. The van der Waals surface area contributed by atoms with Crippen molar-refractivity contribution in [2.45, 2.75) is 64.8 Å². The van der Waals surface area contributed by atoms with Crippen molar-refractivity contribution in [2.75, 3.05) is 5.32 Å². The van der Waals surface area contributed by atoms with Crippen molar-refractivity contribution in [2.24, 2.45) is 0 Å². The number of nitrogens with one attached hydrogen (secondary N) is 2. The quantitative estimate of drug-likeness (QED) is 0.429. The molecule has 0 radical (unpaired) electrons. The predicted octanol–water partition coefficient (Wildman–Crippen LogP) is 5.65. The van der Waals surface area contributed by atoms with E-state index in [0.717, 1.165) is 24.1 Å². The van der Waals surface area contributed by atoms with E-state index in [1.807, 2.05) is 44.2 Å². The van der Waals surface area contributed by atoms with Crippen molar-refractivity contribution in [3.8, 4) is 17.0 Å². The van der Waals surface area contributed by atoms with Crippen LogP contribution in [0.5, 0.6) is 5.75 Å². The van der Waals surface area contributed by atoms with E-state index in [-0.39, 0.29) is 29.1 Å². The third kappa shape index (κ3) is 5.14. The lowest BCUT2D eigenvalue weighted by atomic mass is 9.87. The molecule has 1 saturated carbocycles. The van der Waals surface area contributed by atoms with Crippen LogP contribution in [-0.2, 0) is 5.41 Å². The van der Waals surface area contributed by atoms with E-state index in [1.165, 1.54) is 10.7 Å². The first-order chi connectivity index (χ1) is 16.0. The van der Waals surface area contributed by atoms with Gasteiger partial charge in [0.05, 0.1) is 11.4 Å². The SMILES string of the molecule is CC(C)NC(=O)n1nc(-c2cc(NC(=O)c3ccc(C(C)(C)C)cc3)ccc2O)cc1C1CC1. The van der Waals surface area contributed by atoms with Gasteiger partial charge in [0.1, 0.15) is 5.75 Å². The van der Waals surface area contributed by atoms with Gasteiger partial charge in [0.2, 0.25) is 0 Å². The molecule has 7 nitrogen and oxygen atoms in total. The Balaban J connectivity index is 1.59. The van der Waals surface area contributed by atoms with Crippen molar-refractivity contribution in [3.05, 3.63) is 65.4 Å². The fourth-order valence-corrected chi connectivity index (χ4v) is 3.81. The number of anilines is 1. The van der Waals surface area contributed by atoms with Crippen LogP contribution in [0.1, 0.15) is 75.0 Å². The largest absolute Gasteiger partial charge is 0.507 e. The van der Waals surface area contributed by atoms with E-state index < -0.39 is 0 Å². The summed E-state index contributed by atoms with van der Waals surface area (Å²) in [6, 6.07) is 14.0. The Morgan fingerprint density at radius 2 is 1.74 bits per heavy atom. The molecule has 0 saturated heterocycles. The van der Waals surface area contributed by atoms with Gasteiger partial charge in [0.15, 0.2) is 0 Å². The molecule has 0 aliphatic heterocycles. The molecule has 0 spiro atoms. The normalized spacial score (nSPS) is 13.7. The van der Waals surface area contributed by atoms with E-state index in [9.17, 15) is 14.7 Å². The van der Waals surface area contributed by atoms with Crippen molar-refractivity contribution in [1.29, 1.82) is 0 Å². The zero-order valence-electron chi connectivity index (χ0n) is 20.3. The van der Waals surface area contributed by atoms with Gasteiger partial charge < -0.3 is 15.7 Å². The number of amides is 2. The molecule has 0 bridgehead atoms. The standard InChI is InChI=1S/C27H32N4O3/c1-16(2)28-26(34)31-23(17-6-7-17)15-22(30-31)21-14-20(12-13-24(21)32)29-25(33)18-8-10-19(11-9-18)27(3,4)5/h8-17,32H,6-7H2,1-5H3,(H,28,34)(H,29,33). The van der Waals surface area contributed by atoms with Crippen molar-refractivity contribution < 1.29 is 14.7 Å². The third-order valence-corrected chi connectivity index (χ3v) is 5.88. The molecule has 2 amide bonds. The molecule has 1 fully saturated rings. The van der Waals surface area contributed by atoms with Crippen LogP contribution >= 0.6 is 0 Å². The Hall–Kier alpha value is -3.61.